The number of nitrogens with one attached hydrogen (secondary N) is 3. The standard InChI is InChI=1S/C14H21N3O3/c1-5-20-13(19)17-16-12(18)15-11-8-6-7-10(9-11)14(2,3)4/h6-9H,5H2,1-4H3,(H,17,19)(H2,15,16,18). The molecule has 1 rings (SSSR count). The number of anilines is 1. The fourth-order valence-electron chi connectivity index (χ4n) is 1.50. The van der Waals surface area contributed by atoms with Crippen LogP contribution in [-0.2, 0) is 10.2 Å². The van der Waals surface area contributed by atoms with Gasteiger partial charge in [-0.1, -0.05) is 32.9 Å². The van der Waals surface area contributed by atoms with Gasteiger partial charge in [0.1, 0.15) is 0 Å². The average Bonchev–Trinajstić information content (AvgIpc) is 2.36. The lowest BCUT2D eigenvalue weighted by atomic mass is 9.87. The molecule has 0 spiro atoms. The third-order valence-corrected chi connectivity index (χ3v) is 2.54. The first-order chi connectivity index (χ1) is 9.32. The normalized spacial score (nSPS) is 10.6. The lowest BCUT2D eigenvalue weighted by molar-refractivity contribution is 0.148. The van der Waals surface area contributed by atoms with Crippen molar-refractivity contribution in [2.24, 2.45) is 0 Å². The highest BCUT2D eigenvalue weighted by molar-refractivity contribution is 5.90. The Morgan fingerprint density at radius 3 is 2.50 bits per heavy atom. The van der Waals surface area contributed by atoms with Crippen molar-refractivity contribution in [2.75, 3.05) is 11.9 Å². The SMILES string of the molecule is CCOC(=O)NNC(=O)Nc1cccc(C(C)(C)C)c1. The maximum Gasteiger partial charge on any atom is 0.426 e. The van der Waals surface area contributed by atoms with Gasteiger partial charge in [0.15, 0.2) is 0 Å². The summed E-state index contributed by atoms with van der Waals surface area (Å²) in [7, 11) is 0. The number of ether oxygens (including phenoxy) is 1. The molecule has 0 aliphatic heterocycles. The largest absolute Gasteiger partial charge is 0.449 e. The van der Waals surface area contributed by atoms with Gasteiger partial charge in [-0.15, -0.1) is 0 Å². The van der Waals surface area contributed by atoms with Crippen molar-refractivity contribution in [3.05, 3.63) is 29.8 Å². The number of hydrogen-bond acceptors (Lipinski definition) is 3. The van der Waals surface area contributed by atoms with E-state index in [0.717, 1.165) is 5.56 Å². The van der Waals surface area contributed by atoms with Gasteiger partial charge in [0.2, 0.25) is 0 Å². The summed E-state index contributed by atoms with van der Waals surface area (Å²) in [5.74, 6) is 0. The maximum atomic E-state index is 11.6. The topological polar surface area (TPSA) is 79.5 Å². The number of carbonyl (C=O) groups is 2. The molecule has 110 valence electrons. The fourth-order valence-corrected chi connectivity index (χ4v) is 1.50. The molecule has 6 nitrogen and oxygen atoms in total. The van der Waals surface area contributed by atoms with Gasteiger partial charge >= 0.3 is 12.1 Å². The predicted octanol–water partition coefficient (Wildman–Crippen LogP) is 2.77. The van der Waals surface area contributed by atoms with Crippen molar-refractivity contribution in [1.82, 2.24) is 10.9 Å². The number of carbonyl (C=O) groups excluding carboxylic acids is 2. The quantitative estimate of drug-likeness (QED) is 0.728. The molecule has 0 atom stereocenters. The highest BCUT2D eigenvalue weighted by atomic mass is 16.6. The fraction of sp³-hybridized carbons (Fsp3) is 0.429. The molecule has 0 unspecified atom stereocenters. The Labute approximate surface area is 118 Å². The van der Waals surface area contributed by atoms with Crippen LogP contribution < -0.4 is 16.2 Å². The molecule has 0 radical (unpaired) electrons. The molecule has 0 saturated carbocycles. The minimum Gasteiger partial charge on any atom is -0.449 e. The van der Waals surface area contributed by atoms with Crippen LogP contribution >= 0.6 is 0 Å². The van der Waals surface area contributed by atoms with Crippen molar-refractivity contribution in [2.45, 2.75) is 33.1 Å². The molecule has 0 aromatic heterocycles. The van der Waals surface area contributed by atoms with Gasteiger partial charge in [-0.2, -0.15) is 0 Å². The van der Waals surface area contributed by atoms with Gasteiger partial charge in [0.25, 0.3) is 0 Å². The van der Waals surface area contributed by atoms with Crippen LogP contribution in [0.15, 0.2) is 24.3 Å². The van der Waals surface area contributed by atoms with Crippen LogP contribution in [0.3, 0.4) is 0 Å². The Hall–Kier alpha value is -2.24. The highest BCUT2D eigenvalue weighted by Crippen LogP contribution is 2.24. The van der Waals surface area contributed by atoms with Crippen LogP contribution in [0.25, 0.3) is 0 Å². The highest BCUT2D eigenvalue weighted by Gasteiger charge is 2.14. The van der Waals surface area contributed by atoms with Crippen molar-refractivity contribution in [1.29, 1.82) is 0 Å². The van der Waals surface area contributed by atoms with Crippen molar-refractivity contribution >= 4 is 17.8 Å². The first-order valence-electron chi connectivity index (χ1n) is 6.43. The number of urea groups is 1. The number of amides is 3. The molecule has 0 fully saturated rings. The molecule has 20 heavy (non-hydrogen) atoms. The molecular formula is C14H21N3O3. The number of rotatable bonds is 2. The first-order valence-corrected chi connectivity index (χ1v) is 6.43. The summed E-state index contributed by atoms with van der Waals surface area (Å²) in [6, 6.07) is 7.00. The molecule has 1 aromatic carbocycles. The van der Waals surface area contributed by atoms with Crippen LogP contribution in [0.4, 0.5) is 15.3 Å². The smallest absolute Gasteiger partial charge is 0.426 e. The van der Waals surface area contributed by atoms with Gasteiger partial charge in [0, 0.05) is 5.69 Å². The summed E-state index contributed by atoms with van der Waals surface area (Å²) in [5, 5.41) is 2.63. The van der Waals surface area contributed by atoms with E-state index in [-0.39, 0.29) is 12.0 Å². The third-order valence-electron chi connectivity index (χ3n) is 2.54. The molecule has 1 aromatic rings. The zero-order chi connectivity index (χ0) is 15.2. The number of hydrazine groups is 1. The second-order valence-electron chi connectivity index (χ2n) is 5.26. The first kappa shape index (κ1) is 15.8. The van der Waals surface area contributed by atoms with Gasteiger partial charge in [0.05, 0.1) is 6.61 Å². The van der Waals surface area contributed by atoms with Crippen LogP contribution in [0.5, 0.6) is 0 Å². The Bertz CT molecular complexity index is 481. The van der Waals surface area contributed by atoms with Crippen LogP contribution in [0.2, 0.25) is 0 Å². The van der Waals surface area contributed by atoms with E-state index < -0.39 is 12.1 Å². The van der Waals surface area contributed by atoms with E-state index in [1.165, 1.54) is 0 Å². The molecule has 6 heteroatoms. The van der Waals surface area contributed by atoms with Crippen molar-refractivity contribution < 1.29 is 14.3 Å². The molecule has 3 N–H and O–H groups in total. The van der Waals surface area contributed by atoms with Crippen molar-refractivity contribution in [3.8, 4) is 0 Å². The zero-order valence-electron chi connectivity index (χ0n) is 12.2. The van der Waals surface area contributed by atoms with Gasteiger partial charge in [-0.3, -0.25) is 0 Å². The van der Waals surface area contributed by atoms with Crippen LogP contribution in [0, 0.1) is 0 Å². The summed E-state index contributed by atoms with van der Waals surface area (Å²) in [4.78, 5) is 22.6. The Kier molecular flexibility index (Phi) is 5.37. The Balaban J connectivity index is 2.56. The lowest BCUT2D eigenvalue weighted by Crippen LogP contribution is -2.44. The van der Waals surface area contributed by atoms with Gasteiger partial charge < -0.3 is 10.1 Å². The summed E-state index contributed by atoms with van der Waals surface area (Å²) in [6.07, 6.45) is -0.703. The second kappa shape index (κ2) is 6.79. The van der Waals surface area contributed by atoms with E-state index in [1.54, 1.807) is 13.0 Å². The van der Waals surface area contributed by atoms with Crippen LogP contribution in [-0.4, -0.2) is 18.7 Å². The zero-order valence-corrected chi connectivity index (χ0v) is 12.2. The maximum absolute atomic E-state index is 11.6. The Morgan fingerprint density at radius 2 is 1.90 bits per heavy atom. The van der Waals surface area contributed by atoms with Crippen molar-refractivity contribution in [3.63, 3.8) is 0 Å². The summed E-state index contributed by atoms with van der Waals surface area (Å²) in [6.45, 7) is 8.19. The molecule has 0 aliphatic carbocycles. The van der Waals surface area contributed by atoms with E-state index in [0.29, 0.717) is 5.69 Å². The third kappa shape index (κ3) is 5.17. The summed E-state index contributed by atoms with van der Waals surface area (Å²) in [5.41, 5.74) is 6.08. The molecule has 0 saturated heterocycles. The van der Waals surface area contributed by atoms with E-state index in [2.05, 4.69) is 41.7 Å². The molecule has 0 bridgehead atoms. The second-order valence-corrected chi connectivity index (χ2v) is 5.26. The van der Waals surface area contributed by atoms with E-state index in [9.17, 15) is 9.59 Å². The summed E-state index contributed by atoms with van der Waals surface area (Å²) < 4.78 is 4.61. The monoisotopic (exact) mass is 279 g/mol. The average molecular weight is 279 g/mol. The number of hydrogen-bond donors (Lipinski definition) is 3. The number of benzene rings is 1. The molecule has 3 amide bonds. The van der Waals surface area contributed by atoms with E-state index in [4.69, 9.17) is 0 Å². The predicted molar refractivity (Wildman–Crippen MR) is 77.5 cm³/mol. The van der Waals surface area contributed by atoms with Gasteiger partial charge in [-0.05, 0) is 30.0 Å². The molecule has 0 aliphatic rings. The molecule has 0 heterocycles. The molecular weight excluding hydrogens is 258 g/mol. The van der Waals surface area contributed by atoms with Crippen LogP contribution in [0.1, 0.15) is 33.3 Å². The Morgan fingerprint density at radius 1 is 1.20 bits per heavy atom. The lowest BCUT2D eigenvalue weighted by Gasteiger charge is -2.19. The minimum absolute atomic E-state index is 0.00263. The summed E-state index contributed by atoms with van der Waals surface area (Å²) >= 11 is 0. The van der Waals surface area contributed by atoms with Gasteiger partial charge in [-0.25, -0.2) is 20.4 Å². The minimum atomic E-state index is -0.703. The van der Waals surface area contributed by atoms with E-state index in [1.807, 2.05) is 18.2 Å². The van der Waals surface area contributed by atoms with E-state index >= 15 is 0 Å².